The Bertz CT molecular complexity index is 681. The molecule has 21 heavy (non-hydrogen) atoms. The summed E-state index contributed by atoms with van der Waals surface area (Å²) < 4.78 is 1.75. The molecule has 1 amide bonds. The Hall–Kier alpha value is -0.860. The van der Waals surface area contributed by atoms with Crippen LogP contribution >= 0.6 is 50.1 Å². The van der Waals surface area contributed by atoms with Gasteiger partial charge >= 0.3 is 0 Å². The van der Waals surface area contributed by atoms with Crippen molar-refractivity contribution in [3.63, 3.8) is 0 Å². The summed E-state index contributed by atoms with van der Waals surface area (Å²) in [7, 11) is 0. The number of pyridine rings is 1. The Kier molecular flexibility index (Phi) is 5.83. The normalized spacial score (nSPS) is 10.3. The summed E-state index contributed by atoms with van der Waals surface area (Å²) in [5.41, 5.74) is 1.03. The minimum atomic E-state index is -0.261. The molecular weight excluding hydrogens is 468 g/mol. The zero-order valence-electron chi connectivity index (χ0n) is 11.1. The summed E-state index contributed by atoms with van der Waals surface area (Å²) in [5.74, 6) is 0.280. The van der Waals surface area contributed by atoms with E-state index in [1.165, 1.54) is 0 Å². The lowest BCUT2D eigenvalue weighted by Gasteiger charge is -2.11. The quantitative estimate of drug-likeness (QED) is 0.619. The van der Waals surface area contributed by atoms with Crippen molar-refractivity contribution in [1.29, 1.82) is 0 Å². The average Bonchev–Trinajstić information content (AvgIpc) is 2.44. The number of carbonyl (C=O) groups is 1. The molecule has 0 radical (unpaired) electrons. The number of amides is 1. The van der Waals surface area contributed by atoms with Crippen molar-refractivity contribution < 1.29 is 4.79 Å². The summed E-state index contributed by atoms with van der Waals surface area (Å²) in [6.07, 6.45) is 1.65. The third kappa shape index (κ3) is 4.31. The molecular formula is C14H12BrClIN3O. The van der Waals surface area contributed by atoms with Crippen LogP contribution in [-0.2, 0) is 0 Å². The molecule has 7 heteroatoms. The number of rotatable bonds is 4. The molecule has 1 aromatic heterocycles. The first kappa shape index (κ1) is 16.5. The fraction of sp³-hybridized carbons (Fsp3) is 0.143. The topological polar surface area (TPSA) is 54.0 Å². The van der Waals surface area contributed by atoms with Crippen molar-refractivity contribution in [2.75, 3.05) is 17.2 Å². The minimum absolute atomic E-state index is 0.261. The standard InChI is InChI=1S/C14H12BrClIN3O/c1-2-18-13-10(5-8(15)7-19-13)14(21)20-12-4-3-9(17)6-11(12)16/h3-7H,2H2,1H3,(H,18,19)(H,20,21). The number of carbonyl (C=O) groups excluding carboxylic acids is 1. The minimum Gasteiger partial charge on any atom is -0.370 e. The first-order chi connectivity index (χ1) is 10.0. The fourth-order valence-electron chi connectivity index (χ4n) is 1.70. The smallest absolute Gasteiger partial charge is 0.259 e. The van der Waals surface area contributed by atoms with Crippen LogP contribution < -0.4 is 10.6 Å². The van der Waals surface area contributed by atoms with Gasteiger partial charge in [-0.1, -0.05) is 11.6 Å². The number of nitrogens with zero attached hydrogens (tertiary/aromatic N) is 1. The van der Waals surface area contributed by atoms with Gasteiger partial charge in [0.15, 0.2) is 0 Å². The van der Waals surface area contributed by atoms with Gasteiger partial charge in [0.1, 0.15) is 5.82 Å². The molecule has 0 fully saturated rings. The number of halogens is 3. The Morgan fingerprint density at radius 3 is 2.86 bits per heavy atom. The van der Waals surface area contributed by atoms with Gasteiger partial charge in [-0.05, 0) is 69.7 Å². The van der Waals surface area contributed by atoms with Gasteiger partial charge in [0.2, 0.25) is 0 Å². The molecule has 1 aromatic carbocycles. The van der Waals surface area contributed by atoms with Gasteiger partial charge in [-0.2, -0.15) is 0 Å². The van der Waals surface area contributed by atoms with Crippen LogP contribution in [0.5, 0.6) is 0 Å². The van der Waals surface area contributed by atoms with E-state index >= 15 is 0 Å². The first-order valence-electron chi connectivity index (χ1n) is 6.17. The molecule has 0 spiro atoms. The molecule has 0 aliphatic rings. The summed E-state index contributed by atoms with van der Waals surface area (Å²) in [4.78, 5) is 16.6. The van der Waals surface area contributed by atoms with E-state index in [-0.39, 0.29) is 5.91 Å². The first-order valence-corrected chi connectivity index (χ1v) is 8.42. The van der Waals surface area contributed by atoms with Crippen LogP contribution in [0.25, 0.3) is 0 Å². The van der Waals surface area contributed by atoms with Crippen LogP contribution in [0.4, 0.5) is 11.5 Å². The molecule has 1 heterocycles. The van der Waals surface area contributed by atoms with E-state index in [4.69, 9.17) is 11.6 Å². The summed E-state index contributed by atoms with van der Waals surface area (Å²) in [6.45, 7) is 2.63. The fourth-order valence-corrected chi connectivity index (χ4v) is 2.94. The van der Waals surface area contributed by atoms with Crippen molar-refractivity contribution in [2.45, 2.75) is 6.92 Å². The van der Waals surface area contributed by atoms with Crippen molar-refractivity contribution in [3.8, 4) is 0 Å². The second-order valence-electron chi connectivity index (χ2n) is 4.16. The van der Waals surface area contributed by atoms with Crippen LogP contribution in [0.3, 0.4) is 0 Å². The van der Waals surface area contributed by atoms with E-state index in [9.17, 15) is 4.79 Å². The number of benzene rings is 1. The molecule has 0 aliphatic heterocycles. The molecule has 0 saturated carbocycles. The highest BCUT2D eigenvalue weighted by Crippen LogP contribution is 2.25. The average molecular weight is 481 g/mol. The van der Waals surface area contributed by atoms with Gasteiger partial charge < -0.3 is 10.6 Å². The Labute approximate surface area is 149 Å². The highest BCUT2D eigenvalue weighted by Gasteiger charge is 2.14. The van der Waals surface area contributed by atoms with Gasteiger partial charge in [0, 0.05) is 20.8 Å². The van der Waals surface area contributed by atoms with Crippen molar-refractivity contribution in [2.24, 2.45) is 0 Å². The van der Waals surface area contributed by atoms with Gasteiger partial charge in [0.25, 0.3) is 5.91 Å². The number of anilines is 2. The lowest BCUT2D eigenvalue weighted by atomic mass is 10.2. The van der Waals surface area contributed by atoms with Crippen LogP contribution in [0.15, 0.2) is 34.9 Å². The number of aromatic nitrogens is 1. The lowest BCUT2D eigenvalue weighted by molar-refractivity contribution is 0.102. The highest BCUT2D eigenvalue weighted by atomic mass is 127. The van der Waals surface area contributed by atoms with Crippen molar-refractivity contribution in [1.82, 2.24) is 4.98 Å². The third-order valence-electron chi connectivity index (χ3n) is 2.62. The highest BCUT2D eigenvalue weighted by molar-refractivity contribution is 14.1. The third-order valence-corrected chi connectivity index (χ3v) is 4.04. The van der Waals surface area contributed by atoms with E-state index in [1.54, 1.807) is 24.4 Å². The van der Waals surface area contributed by atoms with Crippen LogP contribution in [0, 0.1) is 3.57 Å². The maximum Gasteiger partial charge on any atom is 0.259 e. The molecule has 2 rings (SSSR count). The molecule has 0 unspecified atom stereocenters. The van der Waals surface area contributed by atoms with Gasteiger partial charge in [0.05, 0.1) is 16.3 Å². The van der Waals surface area contributed by atoms with Gasteiger partial charge in [-0.3, -0.25) is 4.79 Å². The predicted octanol–water partition coefficient (Wildman–Crippen LogP) is 4.79. The summed E-state index contributed by atoms with van der Waals surface area (Å²) in [5, 5.41) is 6.37. The van der Waals surface area contributed by atoms with Crippen molar-refractivity contribution in [3.05, 3.63) is 49.1 Å². The van der Waals surface area contributed by atoms with E-state index in [1.807, 2.05) is 13.0 Å². The van der Waals surface area contributed by atoms with E-state index in [0.29, 0.717) is 28.6 Å². The van der Waals surface area contributed by atoms with Crippen LogP contribution in [0.2, 0.25) is 5.02 Å². The number of hydrogen-bond acceptors (Lipinski definition) is 3. The van der Waals surface area contributed by atoms with Crippen LogP contribution in [0.1, 0.15) is 17.3 Å². The summed E-state index contributed by atoms with van der Waals surface area (Å²) in [6, 6.07) is 7.18. The molecule has 0 aliphatic carbocycles. The largest absolute Gasteiger partial charge is 0.370 e. The summed E-state index contributed by atoms with van der Waals surface area (Å²) >= 11 is 11.6. The molecule has 0 bridgehead atoms. The van der Waals surface area contributed by atoms with Gasteiger partial charge in [-0.25, -0.2) is 4.98 Å². The SMILES string of the molecule is CCNc1ncc(Br)cc1C(=O)Nc1ccc(I)cc1Cl. The van der Waals surface area contributed by atoms with E-state index in [2.05, 4.69) is 54.1 Å². The second-order valence-corrected chi connectivity index (χ2v) is 6.73. The lowest BCUT2D eigenvalue weighted by Crippen LogP contribution is -2.16. The number of nitrogens with one attached hydrogen (secondary N) is 2. The number of hydrogen-bond donors (Lipinski definition) is 2. The molecule has 2 N–H and O–H groups in total. The van der Waals surface area contributed by atoms with Crippen molar-refractivity contribution >= 4 is 67.5 Å². The molecule has 0 saturated heterocycles. The maximum atomic E-state index is 12.4. The second kappa shape index (κ2) is 7.42. The molecule has 0 atom stereocenters. The monoisotopic (exact) mass is 479 g/mol. The Morgan fingerprint density at radius 1 is 1.43 bits per heavy atom. The maximum absolute atomic E-state index is 12.4. The molecule has 2 aromatic rings. The zero-order chi connectivity index (χ0) is 15.4. The van der Waals surface area contributed by atoms with Crippen LogP contribution in [-0.4, -0.2) is 17.4 Å². The van der Waals surface area contributed by atoms with E-state index in [0.717, 1.165) is 8.04 Å². The predicted molar refractivity (Wildman–Crippen MR) is 98.2 cm³/mol. The molecule has 110 valence electrons. The molecule has 4 nitrogen and oxygen atoms in total. The van der Waals surface area contributed by atoms with Gasteiger partial charge in [-0.15, -0.1) is 0 Å². The Balaban J connectivity index is 2.29. The zero-order valence-corrected chi connectivity index (χ0v) is 15.6. The Morgan fingerprint density at radius 2 is 2.19 bits per heavy atom. The van der Waals surface area contributed by atoms with E-state index < -0.39 is 0 Å².